The van der Waals surface area contributed by atoms with Crippen LogP contribution in [-0.4, -0.2) is 23.1 Å². The van der Waals surface area contributed by atoms with Crippen LogP contribution in [0.15, 0.2) is 12.3 Å². The van der Waals surface area contributed by atoms with Gasteiger partial charge in [-0.2, -0.15) is 0 Å². The highest BCUT2D eigenvalue weighted by Gasteiger charge is 2.11. The summed E-state index contributed by atoms with van der Waals surface area (Å²) in [6.07, 6.45) is 1.18. The van der Waals surface area contributed by atoms with Crippen LogP contribution < -0.4 is 10.5 Å². The molecule has 0 unspecified atom stereocenters. The summed E-state index contributed by atoms with van der Waals surface area (Å²) >= 11 is 0. The Morgan fingerprint density at radius 3 is 2.93 bits per heavy atom. The molecule has 1 aromatic rings. The molecule has 0 aliphatic rings. The van der Waals surface area contributed by atoms with E-state index in [-0.39, 0.29) is 5.69 Å². The summed E-state index contributed by atoms with van der Waals surface area (Å²) in [4.78, 5) is 13.8. The summed E-state index contributed by atoms with van der Waals surface area (Å²) in [5.41, 5.74) is 5.75. The van der Waals surface area contributed by atoms with E-state index in [1.807, 2.05) is 0 Å². The second-order valence-electron chi connectivity index (χ2n) is 2.70. The van der Waals surface area contributed by atoms with E-state index < -0.39 is 4.92 Å². The fraction of sp³-hybridized carbons (Fsp3) is 0.375. The van der Waals surface area contributed by atoms with Gasteiger partial charge in [0, 0.05) is 18.2 Å². The summed E-state index contributed by atoms with van der Waals surface area (Å²) in [6.45, 7) is 2.37. The van der Waals surface area contributed by atoms with Gasteiger partial charge in [-0.1, -0.05) is 0 Å². The smallest absolute Gasteiger partial charge is 0.290 e. The van der Waals surface area contributed by atoms with Gasteiger partial charge in [-0.3, -0.25) is 10.1 Å². The molecule has 0 atom stereocenters. The Morgan fingerprint density at radius 2 is 2.43 bits per heavy atom. The highest BCUT2D eigenvalue weighted by Crippen LogP contribution is 2.19. The first-order valence-electron chi connectivity index (χ1n) is 4.09. The Balaban J connectivity index is 2.83. The molecule has 0 aliphatic heterocycles. The summed E-state index contributed by atoms with van der Waals surface area (Å²) in [5, 5.41) is 10.5. The van der Waals surface area contributed by atoms with Gasteiger partial charge < -0.3 is 10.5 Å². The van der Waals surface area contributed by atoms with E-state index in [0.29, 0.717) is 24.6 Å². The molecule has 0 aromatic carbocycles. The van der Waals surface area contributed by atoms with E-state index in [4.69, 9.17) is 10.5 Å². The lowest BCUT2D eigenvalue weighted by atomic mass is 10.2. The molecular formula is C8H11N3O3. The summed E-state index contributed by atoms with van der Waals surface area (Å²) in [5.74, 6) is 0.360. The molecule has 76 valence electrons. The van der Waals surface area contributed by atoms with Crippen LogP contribution in [0.2, 0.25) is 0 Å². The van der Waals surface area contributed by atoms with Gasteiger partial charge in [-0.15, -0.1) is 0 Å². The molecule has 0 aliphatic carbocycles. The average molecular weight is 197 g/mol. The van der Waals surface area contributed by atoms with E-state index >= 15 is 0 Å². The van der Waals surface area contributed by atoms with Crippen molar-refractivity contribution in [1.29, 1.82) is 0 Å². The standard InChI is InChI=1S/C8H11N3O3/c1-6-4-8(14-3-2-9)10-5-7(6)11(12)13/h4-5H,2-3,9H2,1H3. The van der Waals surface area contributed by atoms with Crippen molar-refractivity contribution in [2.45, 2.75) is 6.92 Å². The van der Waals surface area contributed by atoms with Gasteiger partial charge in [-0.05, 0) is 6.92 Å². The Hall–Kier alpha value is -1.69. The number of pyridine rings is 1. The minimum absolute atomic E-state index is 0.00917. The van der Waals surface area contributed by atoms with Crippen molar-refractivity contribution in [2.75, 3.05) is 13.2 Å². The second-order valence-corrected chi connectivity index (χ2v) is 2.70. The van der Waals surface area contributed by atoms with Crippen LogP contribution in [0.25, 0.3) is 0 Å². The highest BCUT2D eigenvalue weighted by atomic mass is 16.6. The summed E-state index contributed by atoms with van der Waals surface area (Å²) < 4.78 is 5.11. The van der Waals surface area contributed by atoms with Crippen LogP contribution in [-0.2, 0) is 0 Å². The molecular weight excluding hydrogens is 186 g/mol. The number of nitro groups is 1. The molecule has 1 heterocycles. The van der Waals surface area contributed by atoms with Crippen LogP contribution >= 0.6 is 0 Å². The minimum Gasteiger partial charge on any atom is -0.476 e. The Morgan fingerprint density at radius 1 is 1.71 bits per heavy atom. The number of hydrogen-bond acceptors (Lipinski definition) is 5. The van der Waals surface area contributed by atoms with Crippen LogP contribution in [0.5, 0.6) is 5.88 Å². The van der Waals surface area contributed by atoms with E-state index in [2.05, 4.69) is 4.98 Å². The molecule has 1 aromatic heterocycles. The number of aryl methyl sites for hydroxylation is 1. The molecule has 0 spiro atoms. The first kappa shape index (κ1) is 10.4. The lowest BCUT2D eigenvalue weighted by Crippen LogP contribution is -2.11. The normalized spacial score (nSPS) is 9.86. The number of aromatic nitrogens is 1. The molecule has 2 N–H and O–H groups in total. The summed E-state index contributed by atoms with van der Waals surface area (Å²) in [7, 11) is 0. The number of nitrogens with two attached hydrogens (primary N) is 1. The lowest BCUT2D eigenvalue weighted by Gasteiger charge is -2.03. The number of hydrogen-bond donors (Lipinski definition) is 1. The fourth-order valence-corrected chi connectivity index (χ4v) is 0.957. The zero-order valence-corrected chi connectivity index (χ0v) is 7.77. The van der Waals surface area contributed by atoms with Gasteiger partial charge in [0.25, 0.3) is 5.69 Å². The van der Waals surface area contributed by atoms with Crippen molar-refractivity contribution in [2.24, 2.45) is 5.73 Å². The highest BCUT2D eigenvalue weighted by molar-refractivity contribution is 5.39. The monoisotopic (exact) mass is 197 g/mol. The number of rotatable bonds is 4. The minimum atomic E-state index is -0.477. The molecule has 0 fully saturated rings. The molecule has 0 radical (unpaired) electrons. The second kappa shape index (κ2) is 4.52. The average Bonchev–Trinajstić information content (AvgIpc) is 2.14. The third-order valence-corrected chi connectivity index (χ3v) is 1.62. The molecule has 1 rings (SSSR count). The zero-order chi connectivity index (χ0) is 10.6. The fourth-order valence-electron chi connectivity index (χ4n) is 0.957. The predicted molar refractivity (Wildman–Crippen MR) is 50.2 cm³/mol. The first-order valence-corrected chi connectivity index (χ1v) is 4.09. The summed E-state index contributed by atoms with van der Waals surface area (Å²) in [6, 6.07) is 1.52. The van der Waals surface area contributed by atoms with Crippen molar-refractivity contribution >= 4 is 5.69 Å². The first-order chi connectivity index (χ1) is 6.65. The maximum Gasteiger partial charge on any atom is 0.290 e. The predicted octanol–water partition coefficient (Wildman–Crippen LogP) is 0.636. The van der Waals surface area contributed by atoms with E-state index in [1.165, 1.54) is 12.3 Å². The zero-order valence-electron chi connectivity index (χ0n) is 7.77. The molecule has 6 heteroatoms. The molecule has 0 amide bonds. The Bertz CT molecular complexity index is 341. The van der Waals surface area contributed by atoms with Crippen molar-refractivity contribution < 1.29 is 9.66 Å². The Labute approximate surface area is 80.9 Å². The quantitative estimate of drug-likeness (QED) is 0.564. The van der Waals surface area contributed by atoms with Crippen LogP contribution in [0.3, 0.4) is 0 Å². The van der Waals surface area contributed by atoms with Crippen molar-refractivity contribution in [3.8, 4) is 5.88 Å². The van der Waals surface area contributed by atoms with E-state index in [1.54, 1.807) is 6.92 Å². The van der Waals surface area contributed by atoms with Crippen LogP contribution in [0.1, 0.15) is 5.56 Å². The third kappa shape index (κ3) is 2.40. The van der Waals surface area contributed by atoms with Crippen LogP contribution in [0.4, 0.5) is 5.69 Å². The maximum atomic E-state index is 10.5. The molecule has 0 bridgehead atoms. The van der Waals surface area contributed by atoms with Crippen LogP contribution in [0, 0.1) is 17.0 Å². The maximum absolute atomic E-state index is 10.5. The van der Waals surface area contributed by atoms with Crippen molar-refractivity contribution in [3.63, 3.8) is 0 Å². The van der Waals surface area contributed by atoms with Gasteiger partial charge in [0.2, 0.25) is 5.88 Å². The van der Waals surface area contributed by atoms with E-state index in [9.17, 15) is 10.1 Å². The molecule has 14 heavy (non-hydrogen) atoms. The van der Waals surface area contributed by atoms with E-state index in [0.717, 1.165) is 0 Å². The molecule has 0 saturated heterocycles. The van der Waals surface area contributed by atoms with Gasteiger partial charge in [-0.25, -0.2) is 4.98 Å². The molecule has 6 nitrogen and oxygen atoms in total. The van der Waals surface area contributed by atoms with Crippen molar-refractivity contribution in [1.82, 2.24) is 4.98 Å². The Kier molecular flexibility index (Phi) is 3.35. The number of nitrogens with zero attached hydrogens (tertiary/aromatic N) is 2. The number of ether oxygens (including phenoxy) is 1. The third-order valence-electron chi connectivity index (χ3n) is 1.62. The van der Waals surface area contributed by atoms with Gasteiger partial charge in [0.15, 0.2) is 0 Å². The topological polar surface area (TPSA) is 91.3 Å². The SMILES string of the molecule is Cc1cc(OCCN)ncc1[N+](=O)[O-]. The van der Waals surface area contributed by atoms with Gasteiger partial charge in [0.05, 0.1) is 4.92 Å². The lowest BCUT2D eigenvalue weighted by molar-refractivity contribution is -0.385. The largest absolute Gasteiger partial charge is 0.476 e. The van der Waals surface area contributed by atoms with Gasteiger partial charge >= 0.3 is 0 Å². The van der Waals surface area contributed by atoms with Gasteiger partial charge in [0.1, 0.15) is 12.8 Å². The van der Waals surface area contributed by atoms with Crippen molar-refractivity contribution in [3.05, 3.63) is 27.9 Å². The molecule has 0 saturated carbocycles.